The lowest BCUT2D eigenvalue weighted by Crippen LogP contribution is -2.48. The van der Waals surface area contributed by atoms with Crippen molar-refractivity contribution in [1.82, 2.24) is 25.0 Å². The van der Waals surface area contributed by atoms with Crippen molar-refractivity contribution in [3.8, 4) is 12.3 Å². The number of aromatic amines is 1. The Kier molecular flexibility index (Phi) is 3.17. The molecule has 1 aromatic heterocycles. The molecule has 2 rings (SSSR count). The minimum Gasteiger partial charge on any atom is -0.333 e. The summed E-state index contributed by atoms with van der Waals surface area (Å²) in [6, 6.07) is 0. The van der Waals surface area contributed by atoms with Gasteiger partial charge < -0.3 is 4.90 Å². The molecule has 0 bridgehead atoms. The van der Waals surface area contributed by atoms with E-state index in [1.807, 2.05) is 0 Å². The van der Waals surface area contributed by atoms with Crippen LogP contribution in [0.15, 0.2) is 6.33 Å². The van der Waals surface area contributed by atoms with E-state index in [1.165, 1.54) is 6.33 Å². The number of rotatable bonds is 2. The molecule has 1 N–H and O–H groups in total. The zero-order chi connectivity index (χ0) is 11.4. The highest BCUT2D eigenvalue weighted by atomic mass is 16.2. The predicted molar refractivity (Wildman–Crippen MR) is 57.6 cm³/mol. The second-order valence-corrected chi connectivity index (χ2v) is 3.61. The van der Waals surface area contributed by atoms with Crippen LogP contribution in [0.2, 0.25) is 0 Å². The standard InChI is InChI=1S/C10H13N5O/c1-2-3-14-4-6-15(7-5-14)10(16)9-11-8-12-13-9/h1,8H,3-7H2,(H,11,12,13). The molecular formula is C10H13N5O. The molecular weight excluding hydrogens is 206 g/mol. The lowest BCUT2D eigenvalue weighted by Gasteiger charge is -2.33. The molecule has 6 heteroatoms. The maximum atomic E-state index is 11.9. The van der Waals surface area contributed by atoms with Crippen LogP contribution in [0.3, 0.4) is 0 Å². The second kappa shape index (κ2) is 4.77. The molecule has 84 valence electrons. The van der Waals surface area contributed by atoms with E-state index in [1.54, 1.807) is 4.90 Å². The molecule has 16 heavy (non-hydrogen) atoms. The van der Waals surface area contributed by atoms with Crippen molar-refractivity contribution in [3.63, 3.8) is 0 Å². The van der Waals surface area contributed by atoms with Crippen molar-refractivity contribution < 1.29 is 4.79 Å². The Morgan fingerprint density at radius 2 is 2.25 bits per heavy atom. The predicted octanol–water partition coefficient (Wildman–Crippen LogP) is -0.804. The summed E-state index contributed by atoms with van der Waals surface area (Å²) >= 11 is 0. The van der Waals surface area contributed by atoms with Gasteiger partial charge >= 0.3 is 0 Å². The van der Waals surface area contributed by atoms with Crippen molar-refractivity contribution >= 4 is 5.91 Å². The summed E-state index contributed by atoms with van der Waals surface area (Å²) in [6.45, 7) is 3.63. The third-order valence-electron chi connectivity index (χ3n) is 2.59. The van der Waals surface area contributed by atoms with Gasteiger partial charge in [-0.25, -0.2) is 4.98 Å². The van der Waals surface area contributed by atoms with Crippen LogP contribution in [0, 0.1) is 12.3 Å². The van der Waals surface area contributed by atoms with Crippen LogP contribution in [0.1, 0.15) is 10.6 Å². The van der Waals surface area contributed by atoms with Gasteiger partial charge in [0.25, 0.3) is 5.91 Å². The van der Waals surface area contributed by atoms with Crippen LogP contribution < -0.4 is 0 Å². The lowest BCUT2D eigenvalue weighted by molar-refractivity contribution is 0.0640. The molecule has 0 spiro atoms. The highest BCUT2D eigenvalue weighted by molar-refractivity contribution is 5.90. The van der Waals surface area contributed by atoms with E-state index in [-0.39, 0.29) is 5.91 Å². The van der Waals surface area contributed by atoms with Gasteiger partial charge in [0.2, 0.25) is 5.82 Å². The van der Waals surface area contributed by atoms with Crippen molar-refractivity contribution in [2.45, 2.75) is 0 Å². The van der Waals surface area contributed by atoms with E-state index in [4.69, 9.17) is 6.42 Å². The van der Waals surface area contributed by atoms with Gasteiger partial charge in [0, 0.05) is 26.2 Å². The van der Waals surface area contributed by atoms with Gasteiger partial charge in [0.15, 0.2) is 0 Å². The molecule has 2 heterocycles. The van der Waals surface area contributed by atoms with E-state index in [2.05, 4.69) is 26.0 Å². The fraction of sp³-hybridized carbons (Fsp3) is 0.500. The fourth-order valence-corrected chi connectivity index (χ4v) is 1.70. The number of H-pyrrole nitrogens is 1. The topological polar surface area (TPSA) is 65.1 Å². The van der Waals surface area contributed by atoms with Gasteiger partial charge in [-0.05, 0) is 0 Å². The zero-order valence-electron chi connectivity index (χ0n) is 8.89. The number of nitrogens with zero attached hydrogens (tertiary/aromatic N) is 4. The molecule has 0 saturated carbocycles. The number of terminal acetylenes is 1. The van der Waals surface area contributed by atoms with Gasteiger partial charge in [-0.3, -0.25) is 14.8 Å². The number of hydrogen-bond acceptors (Lipinski definition) is 4. The first-order valence-electron chi connectivity index (χ1n) is 5.11. The number of carbonyl (C=O) groups excluding carboxylic acids is 1. The first kappa shape index (κ1) is 10.6. The summed E-state index contributed by atoms with van der Waals surface area (Å²) in [7, 11) is 0. The third kappa shape index (κ3) is 2.20. The summed E-state index contributed by atoms with van der Waals surface area (Å²) in [5.41, 5.74) is 0. The number of aromatic nitrogens is 3. The SMILES string of the molecule is C#CCN1CCN(C(=O)c2ncn[nH]2)CC1. The van der Waals surface area contributed by atoms with Crippen LogP contribution >= 0.6 is 0 Å². The first-order valence-corrected chi connectivity index (χ1v) is 5.11. The molecule has 0 radical (unpaired) electrons. The molecule has 1 amide bonds. The Morgan fingerprint density at radius 1 is 1.50 bits per heavy atom. The molecule has 0 aromatic carbocycles. The van der Waals surface area contributed by atoms with E-state index >= 15 is 0 Å². The summed E-state index contributed by atoms with van der Waals surface area (Å²) in [6.07, 6.45) is 6.57. The highest BCUT2D eigenvalue weighted by Crippen LogP contribution is 2.04. The van der Waals surface area contributed by atoms with Gasteiger partial charge in [-0.15, -0.1) is 6.42 Å². The number of carbonyl (C=O) groups is 1. The molecule has 1 aliphatic heterocycles. The van der Waals surface area contributed by atoms with Crippen LogP contribution in [0.25, 0.3) is 0 Å². The Hall–Kier alpha value is -1.87. The molecule has 1 aromatic rings. The summed E-state index contributed by atoms with van der Waals surface area (Å²) in [5, 5.41) is 6.23. The largest absolute Gasteiger partial charge is 0.333 e. The molecule has 1 aliphatic rings. The van der Waals surface area contributed by atoms with Crippen LogP contribution in [0.5, 0.6) is 0 Å². The number of hydrogen-bond donors (Lipinski definition) is 1. The zero-order valence-corrected chi connectivity index (χ0v) is 8.89. The maximum absolute atomic E-state index is 11.9. The Balaban J connectivity index is 1.90. The summed E-state index contributed by atoms with van der Waals surface area (Å²) in [5.74, 6) is 2.80. The van der Waals surface area contributed by atoms with Gasteiger partial charge in [0.05, 0.1) is 6.54 Å². The van der Waals surface area contributed by atoms with Gasteiger partial charge in [0.1, 0.15) is 6.33 Å². The van der Waals surface area contributed by atoms with Crippen molar-refractivity contribution in [3.05, 3.63) is 12.2 Å². The van der Waals surface area contributed by atoms with Crippen molar-refractivity contribution in [1.29, 1.82) is 0 Å². The molecule has 0 atom stereocenters. The minimum absolute atomic E-state index is 0.0992. The average Bonchev–Trinajstić information content (AvgIpc) is 2.83. The highest BCUT2D eigenvalue weighted by Gasteiger charge is 2.23. The number of nitrogens with one attached hydrogen (secondary N) is 1. The van der Waals surface area contributed by atoms with Crippen molar-refractivity contribution in [2.75, 3.05) is 32.7 Å². The van der Waals surface area contributed by atoms with E-state index in [0.29, 0.717) is 25.5 Å². The van der Waals surface area contributed by atoms with E-state index < -0.39 is 0 Å². The minimum atomic E-state index is -0.0992. The maximum Gasteiger partial charge on any atom is 0.291 e. The van der Waals surface area contributed by atoms with Crippen LogP contribution in [0.4, 0.5) is 0 Å². The summed E-state index contributed by atoms with van der Waals surface area (Å²) < 4.78 is 0. The molecule has 1 fully saturated rings. The number of amides is 1. The normalized spacial score (nSPS) is 17.1. The third-order valence-corrected chi connectivity index (χ3v) is 2.59. The average molecular weight is 219 g/mol. The quantitative estimate of drug-likeness (QED) is 0.661. The fourth-order valence-electron chi connectivity index (χ4n) is 1.70. The smallest absolute Gasteiger partial charge is 0.291 e. The Bertz CT molecular complexity index is 386. The van der Waals surface area contributed by atoms with Gasteiger partial charge in [-0.2, -0.15) is 5.10 Å². The first-order chi connectivity index (χ1) is 7.81. The van der Waals surface area contributed by atoms with E-state index in [9.17, 15) is 4.79 Å². The van der Waals surface area contributed by atoms with Crippen LogP contribution in [-0.4, -0.2) is 63.6 Å². The van der Waals surface area contributed by atoms with Crippen molar-refractivity contribution in [2.24, 2.45) is 0 Å². The Morgan fingerprint density at radius 3 is 2.81 bits per heavy atom. The van der Waals surface area contributed by atoms with Gasteiger partial charge in [-0.1, -0.05) is 5.92 Å². The molecule has 6 nitrogen and oxygen atoms in total. The second-order valence-electron chi connectivity index (χ2n) is 3.61. The van der Waals surface area contributed by atoms with Crippen LogP contribution in [-0.2, 0) is 0 Å². The monoisotopic (exact) mass is 219 g/mol. The number of piperazine rings is 1. The summed E-state index contributed by atoms with van der Waals surface area (Å²) in [4.78, 5) is 19.6. The molecule has 1 saturated heterocycles. The molecule has 0 unspecified atom stereocenters. The molecule has 0 aliphatic carbocycles. The van der Waals surface area contributed by atoms with E-state index in [0.717, 1.165) is 13.1 Å². The lowest BCUT2D eigenvalue weighted by atomic mass is 10.3. The Labute approximate surface area is 93.6 Å².